The standard InChI is InChI=1S/C4H7Cl2N2O4P/c5-2-1-7-8(12-13(10)11)4(9)3(2)6/h2-3,7,13H,1H2,(H,10,11). The highest BCUT2D eigenvalue weighted by atomic mass is 35.5. The number of halogens is 2. The van der Waals surface area contributed by atoms with Crippen LogP contribution in [0.25, 0.3) is 0 Å². The maximum Gasteiger partial charge on any atom is 0.339 e. The molecule has 3 atom stereocenters. The normalized spacial score (nSPS) is 31.9. The molecule has 1 aliphatic rings. The third-order valence-electron chi connectivity index (χ3n) is 1.35. The molecule has 1 fully saturated rings. The van der Waals surface area contributed by atoms with Crippen LogP contribution >= 0.6 is 31.5 Å². The van der Waals surface area contributed by atoms with Crippen molar-refractivity contribution in [1.29, 1.82) is 0 Å². The van der Waals surface area contributed by atoms with Crippen molar-refractivity contribution in [2.45, 2.75) is 10.8 Å². The molecule has 1 rings (SSSR count). The predicted octanol–water partition coefficient (Wildman–Crippen LogP) is -0.138. The summed E-state index contributed by atoms with van der Waals surface area (Å²) in [7, 11) is -3.22. The van der Waals surface area contributed by atoms with Crippen molar-refractivity contribution in [3.8, 4) is 0 Å². The van der Waals surface area contributed by atoms with E-state index in [4.69, 9.17) is 28.1 Å². The molecule has 6 nitrogen and oxygen atoms in total. The first-order chi connectivity index (χ1) is 6.02. The van der Waals surface area contributed by atoms with Crippen molar-refractivity contribution in [1.82, 2.24) is 10.6 Å². The lowest BCUT2D eigenvalue weighted by Gasteiger charge is -2.30. The molecule has 0 aromatic rings. The molecule has 3 unspecified atom stereocenters. The van der Waals surface area contributed by atoms with Gasteiger partial charge in [0.1, 0.15) is 5.38 Å². The Hall–Kier alpha value is 0.160. The Balaban J connectivity index is 2.59. The van der Waals surface area contributed by atoms with Gasteiger partial charge in [0.05, 0.1) is 5.38 Å². The number of carbonyl (C=O) groups excluding carboxylic acids is 1. The van der Waals surface area contributed by atoms with E-state index < -0.39 is 24.9 Å². The summed E-state index contributed by atoms with van der Waals surface area (Å²) in [6, 6.07) is 0. The van der Waals surface area contributed by atoms with E-state index in [1.807, 2.05) is 0 Å². The second-order valence-electron chi connectivity index (χ2n) is 2.27. The quantitative estimate of drug-likeness (QED) is 0.526. The van der Waals surface area contributed by atoms with Gasteiger partial charge < -0.3 is 4.89 Å². The average Bonchev–Trinajstić information content (AvgIpc) is 2.06. The summed E-state index contributed by atoms with van der Waals surface area (Å²) in [5, 5.41) is -0.975. The van der Waals surface area contributed by atoms with E-state index in [2.05, 4.69) is 10.1 Å². The third-order valence-corrected chi connectivity index (χ3v) is 2.72. The predicted molar refractivity (Wildman–Crippen MR) is 46.4 cm³/mol. The van der Waals surface area contributed by atoms with Crippen LogP contribution < -0.4 is 5.43 Å². The highest BCUT2D eigenvalue weighted by molar-refractivity contribution is 7.32. The van der Waals surface area contributed by atoms with Crippen LogP contribution in [0.1, 0.15) is 0 Å². The Labute approximate surface area is 84.6 Å². The van der Waals surface area contributed by atoms with Gasteiger partial charge in [0, 0.05) is 6.54 Å². The molecular formula is C4H7Cl2N2O4P. The molecule has 13 heavy (non-hydrogen) atoms. The molecule has 1 heterocycles. The fourth-order valence-electron chi connectivity index (χ4n) is 0.774. The van der Waals surface area contributed by atoms with Gasteiger partial charge in [0.25, 0.3) is 5.91 Å². The Kier molecular flexibility index (Phi) is 3.97. The summed E-state index contributed by atoms with van der Waals surface area (Å²) in [5.74, 6) is -0.680. The largest absolute Gasteiger partial charge is 0.339 e. The van der Waals surface area contributed by atoms with Gasteiger partial charge in [-0.15, -0.1) is 28.4 Å². The van der Waals surface area contributed by atoms with Gasteiger partial charge in [-0.25, -0.2) is 5.43 Å². The number of hydrogen-bond donors (Lipinski definition) is 2. The number of hydrogen-bond acceptors (Lipinski definition) is 4. The minimum atomic E-state index is -3.22. The molecule has 0 aliphatic carbocycles. The summed E-state index contributed by atoms with van der Waals surface area (Å²) in [6.07, 6.45) is 0. The molecule has 0 spiro atoms. The number of alkyl halides is 2. The van der Waals surface area contributed by atoms with E-state index in [0.717, 1.165) is 0 Å². The van der Waals surface area contributed by atoms with Gasteiger partial charge in [-0.3, -0.25) is 9.36 Å². The molecule has 1 aliphatic heterocycles. The van der Waals surface area contributed by atoms with Gasteiger partial charge in [-0.05, 0) is 0 Å². The number of hydrazine groups is 1. The van der Waals surface area contributed by atoms with Crippen LogP contribution in [0, 0.1) is 0 Å². The van der Waals surface area contributed by atoms with Crippen molar-refractivity contribution in [3.05, 3.63) is 0 Å². The Morgan fingerprint density at radius 1 is 1.69 bits per heavy atom. The van der Waals surface area contributed by atoms with Crippen LogP contribution in [0.3, 0.4) is 0 Å². The molecule has 0 radical (unpaired) electrons. The number of nitrogens with zero attached hydrogens (tertiary/aromatic N) is 1. The molecule has 0 bridgehead atoms. The molecule has 1 amide bonds. The topological polar surface area (TPSA) is 78.9 Å². The maximum atomic E-state index is 11.2. The zero-order valence-electron chi connectivity index (χ0n) is 6.24. The number of amides is 1. The molecule has 0 saturated carbocycles. The average molecular weight is 249 g/mol. The zero-order chi connectivity index (χ0) is 10.0. The van der Waals surface area contributed by atoms with Crippen LogP contribution in [0.2, 0.25) is 0 Å². The van der Waals surface area contributed by atoms with Crippen LogP contribution in [-0.4, -0.2) is 33.3 Å². The van der Waals surface area contributed by atoms with Crippen molar-refractivity contribution in [2.24, 2.45) is 0 Å². The lowest BCUT2D eigenvalue weighted by atomic mass is 10.2. The number of nitrogens with one attached hydrogen (secondary N) is 1. The number of carbonyl (C=O) groups is 1. The Morgan fingerprint density at radius 2 is 2.31 bits per heavy atom. The summed E-state index contributed by atoms with van der Waals surface area (Å²) < 4.78 is 14.5. The fraction of sp³-hybridized carbons (Fsp3) is 0.750. The van der Waals surface area contributed by atoms with Gasteiger partial charge >= 0.3 is 8.25 Å². The molecule has 2 N–H and O–H groups in total. The van der Waals surface area contributed by atoms with Crippen molar-refractivity contribution in [2.75, 3.05) is 6.54 Å². The highest BCUT2D eigenvalue weighted by Gasteiger charge is 2.35. The van der Waals surface area contributed by atoms with Crippen LogP contribution in [-0.2, 0) is 14.0 Å². The first-order valence-corrected chi connectivity index (χ1v) is 5.42. The molecule has 1 saturated heterocycles. The fourth-order valence-corrected chi connectivity index (χ4v) is 1.44. The van der Waals surface area contributed by atoms with Crippen LogP contribution in [0.4, 0.5) is 0 Å². The zero-order valence-corrected chi connectivity index (χ0v) is 8.75. The molecule has 0 aromatic heterocycles. The second-order valence-corrected chi connectivity index (χ2v) is 4.01. The van der Waals surface area contributed by atoms with Crippen LogP contribution in [0.5, 0.6) is 0 Å². The molecular weight excluding hydrogens is 242 g/mol. The first-order valence-electron chi connectivity index (χ1n) is 3.29. The Bertz CT molecular complexity index is 240. The van der Waals surface area contributed by atoms with Crippen molar-refractivity contribution in [3.63, 3.8) is 0 Å². The highest BCUT2D eigenvalue weighted by Crippen LogP contribution is 2.22. The third kappa shape index (κ3) is 2.80. The van der Waals surface area contributed by atoms with E-state index in [-0.39, 0.29) is 6.54 Å². The summed E-state index contributed by atoms with van der Waals surface area (Å²) >= 11 is 11.2. The van der Waals surface area contributed by atoms with E-state index in [0.29, 0.717) is 5.17 Å². The molecule has 0 aromatic carbocycles. The van der Waals surface area contributed by atoms with E-state index in [9.17, 15) is 9.36 Å². The summed E-state index contributed by atoms with van der Waals surface area (Å²) in [6.45, 7) is 0.191. The van der Waals surface area contributed by atoms with Crippen molar-refractivity contribution >= 4 is 37.4 Å². The summed E-state index contributed by atoms with van der Waals surface area (Å²) in [5.41, 5.74) is 2.39. The number of hydroxylamine groups is 1. The molecule has 76 valence electrons. The van der Waals surface area contributed by atoms with Crippen molar-refractivity contribution < 1.29 is 18.9 Å². The Morgan fingerprint density at radius 3 is 2.85 bits per heavy atom. The molecule has 9 heteroatoms. The SMILES string of the molecule is O=C1C(Cl)C(Cl)CNN1O[PH](=O)O. The second kappa shape index (κ2) is 4.59. The van der Waals surface area contributed by atoms with E-state index in [1.165, 1.54) is 0 Å². The van der Waals surface area contributed by atoms with Gasteiger partial charge in [-0.2, -0.15) is 4.62 Å². The smallest absolute Gasteiger partial charge is 0.325 e. The minimum absolute atomic E-state index is 0.191. The summed E-state index contributed by atoms with van der Waals surface area (Å²) in [4.78, 5) is 19.5. The maximum absolute atomic E-state index is 11.2. The van der Waals surface area contributed by atoms with Gasteiger partial charge in [0.15, 0.2) is 0 Å². The van der Waals surface area contributed by atoms with Gasteiger partial charge in [-0.1, -0.05) is 0 Å². The first kappa shape index (κ1) is 11.2. The lowest BCUT2D eigenvalue weighted by molar-refractivity contribution is -0.173. The van der Waals surface area contributed by atoms with E-state index >= 15 is 0 Å². The minimum Gasteiger partial charge on any atom is -0.325 e. The monoisotopic (exact) mass is 248 g/mol. The van der Waals surface area contributed by atoms with Crippen LogP contribution in [0.15, 0.2) is 0 Å². The lowest BCUT2D eigenvalue weighted by Crippen LogP contribution is -2.56. The van der Waals surface area contributed by atoms with Gasteiger partial charge in [0.2, 0.25) is 0 Å². The van der Waals surface area contributed by atoms with E-state index in [1.54, 1.807) is 0 Å². The number of rotatable bonds is 2.